The normalized spacial score (nSPS) is 11.1. The molecular weight excluding hydrogens is 413 g/mol. The number of rotatable bonds is 7. The predicted molar refractivity (Wildman–Crippen MR) is 123 cm³/mol. The fourth-order valence-electron chi connectivity index (χ4n) is 3.08. The molecule has 7 heteroatoms. The molecule has 0 aliphatic rings. The molecule has 31 heavy (non-hydrogen) atoms. The van der Waals surface area contributed by atoms with E-state index >= 15 is 0 Å². The number of anilines is 1. The Bertz CT molecular complexity index is 1190. The Morgan fingerprint density at radius 1 is 1.00 bits per heavy atom. The van der Waals surface area contributed by atoms with Gasteiger partial charge in [0.2, 0.25) is 0 Å². The number of ether oxygens (including phenoxy) is 1. The molecule has 4 rings (SSSR count). The SMILES string of the molecule is CN(C)CCN(C(=O)c1ccccc1Oc1ccccc1)c1nc2ccc(F)cc2s1. The van der Waals surface area contributed by atoms with Crippen molar-refractivity contribution in [2.24, 2.45) is 0 Å². The molecule has 0 atom stereocenters. The van der Waals surface area contributed by atoms with Gasteiger partial charge in [0, 0.05) is 13.1 Å². The van der Waals surface area contributed by atoms with E-state index in [0.29, 0.717) is 45.5 Å². The van der Waals surface area contributed by atoms with E-state index in [4.69, 9.17) is 4.74 Å². The van der Waals surface area contributed by atoms with Crippen LogP contribution in [0.4, 0.5) is 9.52 Å². The molecule has 0 saturated heterocycles. The smallest absolute Gasteiger partial charge is 0.263 e. The topological polar surface area (TPSA) is 45.7 Å². The molecule has 0 aliphatic carbocycles. The second-order valence-corrected chi connectivity index (χ2v) is 8.29. The molecule has 3 aromatic carbocycles. The Hall–Kier alpha value is -3.29. The van der Waals surface area contributed by atoms with Gasteiger partial charge in [-0.3, -0.25) is 9.69 Å². The number of hydrogen-bond acceptors (Lipinski definition) is 5. The number of benzene rings is 3. The molecule has 0 N–H and O–H groups in total. The Kier molecular flexibility index (Phi) is 6.25. The average Bonchev–Trinajstić information content (AvgIpc) is 3.17. The highest BCUT2D eigenvalue weighted by atomic mass is 32.1. The summed E-state index contributed by atoms with van der Waals surface area (Å²) in [5, 5.41) is 0.530. The number of thiazole rings is 1. The van der Waals surface area contributed by atoms with Gasteiger partial charge >= 0.3 is 0 Å². The summed E-state index contributed by atoms with van der Waals surface area (Å²) >= 11 is 1.30. The molecule has 1 amide bonds. The van der Waals surface area contributed by atoms with E-state index in [0.717, 1.165) is 0 Å². The third-order valence-corrected chi connectivity index (χ3v) is 5.72. The highest BCUT2D eigenvalue weighted by Crippen LogP contribution is 2.32. The van der Waals surface area contributed by atoms with Crippen LogP contribution in [-0.4, -0.2) is 43.0 Å². The fourth-order valence-corrected chi connectivity index (χ4v) is 4.09. The molecule has 0 aliphatic heterocycles. The number of carbonyl (C=O) groups excluding carboxylic acids is 1. The van der Waals surface area contributed by atoms with Gasteiger partial charge in [0.1, 0.15) is 17.3 Å². The molecule has 158 valence electrons. The van der Waals surface area contributed by atoms with Crippen LogP contribution in [0.2, 0.25) is 0 Å². The number of halogens is 1. The first-order chi connectivity index (χ1) is 15.0. The highest BCUT2D eigenvalue weighted by Gasteiger charge is 2.24. The summed E-state index contributed by atoms with van der Waals surface area (Å²) in [6.45, 7) is 1.09. The zero-order chi connectivity index (χ0) is 21.8. The number of amides is 1. The minimum atomic E-state index is -0.324. The van der Waals surface area contributed by atoms with Gasteiger partial charge in [-0.15, -0.1) is 0 Å². The van der Waals surface area contributed by atoms with E-state index in [-0.39, 0.29) is 11.7 Å². The summed E-state index contributed by atoms with van der Waals surface area (Å²) in [6, 6.07) is 21.0. The van der Waals surface area contributed by atoms with Crippen LogP contribution in [0.15, 0.2) is 72.8 Å². The van der Waals surface area contributed by atoms with Gasteiger partial charge in [0.25, 0.3) is 5.91 Å². The van der Waals surface area contributed by atoms with Gasteiger partial charge < -0.3 is 9.64 Å². The number of carbonyl (C=O) groups is 1. The van der Waals surface area contributed by atoms with Crippen LogP contribution in [0.25, 0.3) is 10.2 Å². The monoisotopic (exact) mass is 435 g/mol. The van der Waals surface area contributed by atoms with Crippen LogP contribution in [0.5, 0.6) is 11.5 Å². The standard InChI is InChI=1S/C24H22FN3O2S/c1-27(2)14-15-28(24-26-20-13-12-17(25)16-22(20)31-24)23(29)19-10-6-7-11-21(19)30-18-8-4-3-5-9-18/h3-13,16H,14-15H2,1-2H3. The van der Waals surface area contributed by atoms with Crippen molar-refractivity contribution in [1.82, 2.24) is 9.88 Å². The second-order valence-electron chi connectivity index (χ2n) is 7.28. The van der Waals surface area contributed by atoms with Gasteiger partial charge in [-0.2, -0.15) is 0 Å². The molecule has 1 heterocycles. The molecular formula is C24H22FN3O2S. The fraction of sp³-hybridized carbons (Fsp3) is 0.167. The molecule has 0 radical (unpaired) electrons. The molecule has 4 aromatic rings. The molecule has 0 saturated carbocycles. The number of nitrogens with zero attached hydrogens (tertiary/aromatic N) is 3. The van der Waals surface area contributed by atoms with Gasteiger partial charge in [-0.25, -0.2) is 9.37 Å². The van der Waals surface area contributed by atoms with Crippen molar-refractivity contribution < 1.29 is 13.9 Å². The van der Waals surface area contributed by atoms with E-state index in [1.807, 2.05) is 61.5 Å². The van der Waals surface area contributed by atoms with E-state index in [2.05, 4.69) is 4.98 Å². The molecule has 1 aromatic heterocycles. The minimum Gasteiger partial charge on any atom is -0.457 e. The van der Waals surface area contributed by atoms with Gasteiger partial charge in [0.05, 0.1) is 15.8 Å². The first-order valence-electron chi connectivity index (χ1n) is 9.86. The zero-order valence-electron chi connectivity index (χ0n) is 17.3. The van der Waals surface area contributed by atoms with E-state index in [1.165, 1.54) is 23.5 Å². The Balaban J connectivity index is 1.71. The second kappa shape index (κ2) is 9.24. The first kappa shape index (κ1) is 21.0. The highest BCUT2D eigenvalue weighted by molar-refractivity contribution is 7.22. The third kappa shape index (κ3) is 4.90. The van der Waals surface area contributed by atoms with Crippen LogP contribution >= 0.6 is 11.3 Å². The van der Waals surface area contributed by atoms with Crippen molar-refractivity contribution in [3.8, 4) is 11.5 Å². The van der Waals surface area contributed by atoms with Crippen LogP contribution in [-0.2, 0) is 0 Å². The maximum absolute atomic E-state index is 13.7. The number of aromatic nitrogens is 1. The maximum atomic E-state index is 13.7. The van der Waals surface area contributed by atoms with Crippen molar-refractivity contribution in [2.45, 2.75) is 0 Å². The number of para-hydroxylation sites is 2. The summed E-state index contributed by atoms with van der Waals surface area (Å²) in [5.41, 5.74) is 1.11. The lowest BCUT2D eigenvalue weighted by atomic mass is 10.1. The molecule has 0 spiro atoms. The van der Waals surface area contributed by atoms with E-state index < -0.39 is 0 Å². The lowest BCUT2D eigenvalue weighted by Gasteiger charge is -2.23. The summed E-state index contributed by atoms with van der Waals surface area (Å²) in [6.07, 6.45) is 0. The van der Waals surface area contributed by atoms with Crippen molar-refractivity contribution in [3.63, 3.8) is 0 Å². The van der Waals surface area contributed by atoms with Gasteiger partial charge in [0.15, 0.2) is 5.13 Å². The summed E-state index contributed by atoms with van der Waals surface area (Å²) in [5.74, 6) is 0.585. The summed E-state index contributed by atoms with van der Waals surface area (Å²) in [4.78, 5) is 21.9. The Morgan fingerprint density at radius 3 is 2.52 bits per heavy atom. The third-order valence-electron chi connectivity index (χ3n) is 4.67. The predicted octanol–water partition coefficient (Wildman–Crippen LogP) is 5.44. The summed E-state index contributed by atoms with van der Waals surface area (Å²) in [7, 11) is 3.89. The largest absolute Gasteiger partial charge is 0.457 e. The molecule has 0 bridgehead atoms. The van der Waals surface area contributed by atoms with Gasteiger partial charge in [-0.05, 0) is 56.6 Å². The number of likely N-dealkylation sites (N-methyl/N-ethyl adjacent to an activating group) is 1. The number of fused-ring (bicyclic) bond motifs is 1. The van der Waals surface area contributed by atoms with Crippen molar-refractivity contribution >= 4 is 32.6 Å². The van der Waals surface area contributed by atoms with Crippen molar-refractivity contribution in [1.29, 1.82) is 0 Å². The quantitative estimate of drug-likeness (QED) is 0.388. The lowest BCUT2D eigenvalue weighted by molar-refractivity contribution is 0.0983. The van der Waals surface area contributed by atoms with E-state index in [1.54, 1.807) is 23.1 Å². The Morgan fingerprint density at radius 2 is 1.74 bits per heavy atom. The lowest BCUT2D eigenvalue weighted by Crippen LogP contribution is -2.36. The van der Waals surface area contributed by atoms with Crippen LogP contribution in [0, 0.1) is 5.82 Å². The maximum Gasteiger partial charge on any atom is 0.263 e. The number of hydrogen-bond donors (Lipinski definition) is 0. The molecule has 0 unspecified atom stereocenters. The average molecular weight is 436 g/mol. The Labute approximate surface area is 184 Å². The first-order valence-corrected chi connectivity index (χ1v) is 10.7. The summed E-state index contributed by atoms with van der Waals surface area (Å²) < 4.78 is 20.4. The van der Waals surface area contributed by atoms with Crippen molar-refractivity contribution in [2.75, 3.05) is 32.1 Å². The zero-order valence-corrected chi connectivity index (χ0v) is 18.1. The van der Waals surface area contributed by atoms with Gasteiger partial charge in [-0.1, -0.05) is 41.7 Å². The van der Waals surface area contributed by atoms with Crippen LogP contribution < -0.4 is 9.64 Å². The van der Waals surface area contributed by atoms with Crippen LogP contribution in [0.3, 0.4) is 0 Å². The minimum absolute atomic E-state index is 0.215. The molecule has 5 nitrogen and oxygen atoms in total. The van der Waals surface area contributed by atoms with Crippen LogP contribution in [0.1, 0.15) is 10.4 Å². The van der Waals surface area contributed by atoms with E-state index in [9.17, 15) is 9.18 Å². The molecule has 0 fully saturated rings. The van der Waals surface area contributed by atoms with Crippen molar-refractivity contribution in [3.05, 3.63) is 84.2 Å².